The van der Waals surface area contributed by atoms with Crippen molar-refractivity contribution in [1.82, 2.24) is 50.8 Å². The lowest BCUT2D eigenvalue weighted by atomic mass is 10.1. The quantitative estimate of drug-likeness (QED) is 0.0700. The van der Waals surface area contributed by atoms with Crippen LogP contribution in [0.15, 0.2) is 49.7 Å². The Bertz CT molecular complexity index is 2990. The molecular weight excluding hydrogens is 1080 g/mol. The third-order valence-electron chi connectivity index (χ3n) is 10.6. The number of aliphatic hydroxyl groups excluding tert-OH is 1. The summed E-state index contributed by atoms with van der Waals surface area (Å²) < 4.78 is 17.5. The molecule has 0 aromatic carbocycles. The molecule has 0 aliphatic carbocycles. The number of nitrogens with one attached hydrogen (secondary N) is 3. The van der Waals surface area contributed by atoms with E-state index in [-0.39, 0.29) is 28.7 Å². The Kier molecular flexibility index (Phi) is 16.4. The van der Waals surface area contributed by atoms with Crippen molar-refractivity contribution in [3.8, 4) is 32.7 Å². The molecule has 0 unspecified atom stereocenters. The number of hydrogen-bond donors (Lipinski definition) is 4. The molecule has 0 spiro atoms. The second kappa shape index (κ2) is 21.7. The number of allylic oxidation sites excluding steroid dienone is 1. The first-order valence-electron chi connectivity index (χ1n) is 22.0. The van der Waals surface area contributed by atoms with Crippen molar-refractivity contribution in [1.29, 1.82) is 0 Å². The maximum Gasteiger partial charge on any atom is 0.413 e. The summed E-state index contributed by atoms with van der Waals surface area (Å²) in [5.41, 5.74) is 0.778. The van der Waals surface area contributed by atoms with Crippen LogP contribution in [0.2, 0.25) is 0 Å². The summed E-state index contributed by atoms with van der Waals surface area (Å²) in [7, 11) is 1.27. The molecule has 0 bridgehead atoms. The molecule has 376 valence electrons. The number of carbonyl (C=O) groups excluding carboxylic acids is 5. The van der Waals surface area contributed by atoms with Crippen LogP contribution in [0.4, 0.5) is 4.79 Å². The summed E-state index contributed by atoms with van der Waals surface area (Å²) in [6.45, 7) is 17.8. The molecule has 6 aromatic rings. The largest absolute Gasteiger partial charge is 0.464 e. The second-order valence-electron chi connectivity index (χ2n) is 17.9. The number of aliphatic hydroxyl groups is 1. The average molecular weight is 1130 g/mol. The van der Waals surface area contributed by atoms with Crippen molar-refractivity contribution in [2.24, 2.45) is 5.92 Å². The summed E-state index contributed by atoms with van der Waals surface area (Å²) in [4.78, 5) is 96.4. The van der Waals surface area contributed by atoms with Crippen molar-refractivity contribution in [3.05, 3.63) is 81.8 Å². The molecule has 6 aromatic heterocycles. The molecule has 0 saturated carbocycles. The average Bonchev–Trinajstić information content (AvgIpc) is 4.17. The van der Waals surface area contributed by atoms with Crippen molar-refractivity contribution in [2.75, 3.05) is 7.11 Å². The Balaban J connectivity index is 1.09. The van der Waals surface area contributed by atoms with Gasteiger partial charge in [-0.25, -0.2) is 39.5 Å². The maximum absolute atomic E-state index is 13.9. The number of halogens is 1. The van der Waals surface area contributed by atoms with Gasteiger partial charge >= 0.3 is 12.1 Å². The number of esters is 1. The Morgan fingerprint density at radius 2 is 1.52 bits per heavy atom. The van der Waals surface area contributed by atoms with Crippen LogP contribution < -0.4 is 16.0 Å². The zero-order valence-electron chi connectivity index (χ0n) is 40.3. The van der Waals surface area contributed by atoms with Crippen molar-refractivity contribution in [3.63, 3.8) is 0 Å². The predicted molar refractivity (Wildman–Crippen MR) is 276 cm³/mol. The Hall–Kier alpha value is -5.41. The van der Waals surface area contributed by atoms with Crippen LogP contribution in [-0.2, 0) is 19.0 Å². The lowest BCUT2D eigenvalue weighted by Crippen LogP contribution is -2.52. The van der Waals surface area contributed by atoms with Gasteiger partial charge in [0.05, 0.1) is 36.8 Å². The fourth-order valence-corrected chi connectivity index (χ4v) is 12.2. The van der Waals surface area contributed by atoms with E-state index in [0.29, 0.717) is 52.3 Å². The summed E-state index contributed by atoms with van der Waals surface area (Å²) in [5, 5.41) is 29.9. The predicted octanol–water partition coefficient (Wildman–Crippen LogP) is 9.13. The van der Waals surface area contributed by atoms with Gasteiger partial charge in [0.25, 0.3) is 11.8 Å². The van der Waals surface area contributed by atoms with E-state index in [9.17, 15) is 29.1 Å². The Morgan fingerprint density at radius 3 is 2.17 bits per heavy atom. The fraction of sp³-hybridized carbons (Fsp3) is 0.413. The van der Waals surface area contributed by atoms with E-state index in [1.54, 1.807) is 55.5 Å². The highest BCUT2D eigenvalue weighted by Crippen LogP contribution is 2.45. The zero-order chi connectivity index (χ0) is 51.7. The van der Waals surface area contributed by atoms with Gasteiger partial charge in [-0.05, 0) is 89.4 Å². The molecule has 25 heteroatoms. The van der Waals surface area contributed by atoms with Gasteiger partial charge in [0.2, 0.25) is 5.91 Å². The number of carbonyl (C=O) groups is 5. The standard InChI is InChI=1S/C46H51BrN10O9S5/c1-12-24(39-52-28(17-68-39)35(59)55-31(20(2)3)41-53-29(18-69-41)43(62)64-11)49-37(61)32(21(4)58)56-36(60)27-16-67-38(51-27)23-13-14-25(40-54-30(47)19-71-40)48-33(23)26-15-70-42(50-26)34-22(5)65-46(9,10)57(34)44(63)66-45(6,7)8/h12-22,31-32,34,58H,1-11H3,(H,49,61)(H,55,59)(H,56,60)/b24-12-/t21-,22-,31+,32+,34+/m1/s1. The highest BCUT2D eigenvalue weighted by Gasteiger charge is 2.51. The minimum absolute atomic E-state index is 0.0192. The van der Waals surface area contributed by atoms with Crippen LogP contribution in [-0.4, -0.2) is 106 Å². The minimum atomic E-state index is -1.43. The van der Waals surface area contributed by atoms with Crippen molar-refractivity contribution in [2.45, 2.75) is 111 Å². The van der Waals surface area contributed by atoms with E-state index >= 15 is 0 Å². The first-order chi connectivity index (χ1) is 33.5. The summed E-state index contributed by atoms with van der Waals surface area (Å²) in [6.07, 6.45) is -0.719. The number of rotatable bonds is 15. The molecule has 19 nitrogen and oxygen atoms in total. The van der Waals surface area contributed by atoms with Crippen LogP contribution in [0.3, 0.4) is 0 Å². The number of methoxy groups -OCH3 is 1. The first-order valence-corrected chi connectivity index (χ1v) is 27.2. The normalized spacial score (nSPS) is 17.2. The van der Waals surface area contributed by atoms with E-state index < -0.39 is 71.4 Å². The van der Waals surface area contributed by atoms with Gasteiger partial charge in [0.1, 0.15) is 75.8 Å². The van der Waals surface area contributed by atoms with Crippen molar-refractivity contribution >= 4 is 108 Å². The third-order valence-corrected chi connectivity index (χ3v) is 15.8. The number of aromatic nitrogens is 6. The third kappa shape index (κ3) is 12.1. The SMILES string of the molecule is C/C=C(\NC(=O)[C@@H](NC(=O)c1csc(-c2ccc(-c3nc(Br)cs3)nc2-c2csc([C@@H]3[C@@H](C)OC(C)(C)N3C(=O)OC(C)(C)C)n2)n1)[C@@H](C)O)c1nc(C(=O)N[C@H](c2nc(C(=O)OC)cs2)C(C)C)cs1. The highest BCUT2D eigenvalue weighted by atomic mass is 79.9. The lowest BCUT2D eigenvalue weighted by Gasteiger charge is -2.34. The van der Waals surface area contributed by atoms with E-state index in [0.717, 1.165) is 11.3 Å². The molecule has 1 saturated heterocycles. The number of nitrogens with zero attached hydrogens (tertiary/aromatic N) is 7. The number of amides is 4. The van der Waals surface area contributed by atoms with Gasteiger partial charge in [-0.1, -0.05) is 19.9 Å². The zero-order valence-corrected chi connectivity index (χ0v) is 46.0. The summed E-state index contributed by atoms with van der Waals surface area (Å²) in [5.74, 6) is -2.63. The lowest BCUT2D eigenvalue weighted by molar-refractivity contribution is -0.124. The molecule has 71 heavy (non-hydrogen) atoms. The van der Waals surface area contributed by atoms with Gasteiger partial charge in [0.15, 0.2) is 5.69 Å². The Labute approximate surface area is 437 Å². The van der Waals surface area contributed by atoms with E-state index in [1.165, 1.54) is 64.8 Å². The molecule has 7 heterocycles. The van der Waals surface area contributed by atoms with Crippen molar-refractivity contribution < 1.29 is 43.3 Å². The monoisotopic (exact) mass is 1130 g/mol. The van der Waals surface area contributed by atoms with Crippen LogP contribution in [0.5, 0.6) is 0 Å². The topological polar surface area (TPSA) is 250 Å². The number of thiazole rings is 5. The van der Waals surface area contributed by atoms with Crippen LogP contribution in [0.1, 0.15) is 128 Å². The highest BCUT2D eigenvalue weighted by molar-refractivity contribution is 9.10. The summed E-state index contributed by atoms with van der Waals surface area (Å²) in [6, 6.07) is 1.09. The molecular formula is C46H51BrN10O9S5. The molecule has 7 rings (SSSR count). The fourth-order valence-electron chi connectivity index (χ4n) is 7.37. The molecule has 4 amide bonds. The van der Waals surface area contributed by atoms with E-state index in [2.05, 4.69) is 51.8 Å². The number of ether oxygens (including phenoxy) is 3. The van der Waals surface area contributed by atoms with Crippen LogP contribution in [0, 0.1) is 5.92 Å². The molecule has 0 radical (unpaired) electrons. The van der Waals surface area contributed by atoms with Crippen LogP contribution >= 0.6 is 72.6 Å². The van der Waals surface area contributed by atoms with E-state index in [4.69, 9.17) is 24.2 Å². The first kappa shape index (κ1) is 53.4. The number of pyridine rings is 1. The van der Waals surface area contributed by atoms with Crippen LogP contribution in [0.25, 0.3) is 38.4 Å². The molecule has 1 fully saturated rings. The van der Waals surface area contributed by atoms with Gasteiger partial charge in [0, 0.05) is 32.5 Å². The molecule has 5 atom stereocenters. The van der Waals surface area contributed by atoms with Gasteiger partial charge in [-0.2, -0.15) is 0 Å². The smallest absolute Gasteiger partial charge is 0.413 e. The van der Waals surface area contributed by atoms with Gasteiger partial charge < -0.3 is 35.3 Å². The minimum Gasteiger partial charge on any atom is -0.464 e. The second-order valence-corrected chi connectivity index (χ2v) is 23.1. The van der Waals surface area contributed by atoms with E-state index in [1.807, 2.05) is 51.4 Å². The van der Waals surface area contributed by atoms with Gasteiger partial charge in [-0.3, -0.25) is 19.3 Å². The Morgan fingerprint density at radius 1 is 0.845 bits per heavy atom. The van der Waals surface area contributed by atoms with Gasteiger partial charge in [-0.15, -0.1) is 56.7 Å². The summed E-state index contributed by atoms with van der Waals surface area (Å²) >= 11 is 9.68. The number of hydrogen-bond acceptors (Lipinski definition) is 20. The molecule has 4 N–H and O–H groups in total. The maximum atomic E-state index is 13.9. The molecule has 1 aliphatic rings. The molecule has 1 aliphatic heterocycles.